The van der Waals surface area contributed by atoms with Crippen LogP contribution in [-0.4, -0.2) is 89.5 Å². The van der Waals surface area contributed by atoms with Crippen molar-refractivity contribution in [2.24, 2.45) is 0 Å². The molecule has 15 heteroatoms. The highest BCUT2D eigenvalue weighted by Gasteiger charge is 2.45. The van der Waals surface area contributed by atoms with Gasteiger partial charge in [-0.25, -0.2) is 9.97 Å². The third kappa shape index (κ3) is 7.80. The number of pyridine rings is 2. The maximum absolute atomic E-state index is 12.3. The summed E-state index contributed by atoms with van der Waals surface area (Å²) in [6.45, 7) is 1.92. The average molecular weight is 679 g/mol. The summed E-state index contributed by atoms with van der Waals surface area (Å²) in [5.41, 5.74) is 0.0106. The van der Waals surface area contributed by atoms with E-state index in [0.29, 0.717) is 125 Å². The summed E-state index contributed by atoms with van der Waals surface area (Å²) < 4.78 is 24.7. The number of aliphatic hydroxyl groups is 2. The summed E-state index contributed by atoms with van der Waals surface area (Å²) in [6, 6.07) is 6.19. The van der Waals surface area contributed by atoms with E-state index in [0.717, 1.165) is 0 Å². The van der Waals surface area contributed by atoms with Crippen molar-refractivity contribution in [1.29, 1.82) is 0 Å². The Kier molecular flexibility index (Phi) is 10.1. The van der Waals surface area contributed by atoms with Gasteiger partial charge in [-0.2, -0.15) is 9.97 Å². The molecule has 1 spiro atoms. The fourth-order valence-electron chi connectivity index (χ4n) is 6.71. The lowest BCUT2D eigenvalue weighted by Gasteiger charge is -2.40. The average Bonchev–Trinajstić information content (AvgIpc) is 3.58. The molecule has 5 heterocycles. The van der Waals surface area contributed by atoms with Crippen molar-refractivity contribution in [3.63, 3.8) is 0 Å². The van der Waals surface area contributed by atoms with Gasteiger partial charge in [0.25, 0.3) is 11.1 Å². The number of ether oxygens (including phenoxy) is 4. The number of aromatic nitrogens is 6. The minimum atomic E-state index is -0.901. The Hall–Kier alpha value is -4.31. The smallest absolute Gasteiger partial charge is 0.252 e. The van der Waals surface area contributed by atoms with Crippen LogP contribution in [0.15, 0.2) is 46.2 Å². The number of methoxy groups -OCH3 is 2. The van der Waals surface area contributed by atoms with Crippen LogP contribution < -0.4 is 20.6 Å². The maximum atomic E-state index is 12.3. The maximum Gasteiger partial charge on any atom is 0.252 e. The molecule has 0 radical (unpaired) electrons. The van der Waals surface area contributed by atoms with Crippen molar-refractivity contribution in [2.75, 3.05) is 27.4 Å². The molecule has 15 nitrogen and oxygen atoms in total. The number of fused-ring (bicyclic) bond motifs is 2. The molecule has 2 N–H and O–H groups in total. The highest BCUT2D eigenvalue weighted by molar-refractivity contribution is 5.79. The van der Waals surface area contributed by atoms with Crippen LogP contribution in [0.1, 0.15) is 64.2 Å². The van der Waals surface area contributed by atoms with E-state index < -0.39 is 17.0 Å². The van der Waals surface area contributed by atoms with Crippen LogP contribution in [0, 0.1) is 0 Å². The van der Waals surface area contributed by atoms with Gasteiger partial charge in [-0.1, -0.05) is 0 Å². The van der Waals surface area contributed by atoms with E-state index in [1.165, 1.54) is 43.3 Å². The minimum Gasteiger partial charge on any atom is -0.480 e. The number of hydrogen-bond acceptors (Lipinski definition) is 13. The summed E-state index contributed by atoms with van der Waals surface area (Å²) in [5.74, 6) is 0.360. The van der Waals surface area contributed by atoms with Crippen molar-refractivity contribution in [3.05, 3.63) is 57.4 Å². The zero-order valence-electron chi connectivity index (χ0n) is 27.8. The van der Waals surface area contributed by atoms with Crippen molar-refractivity contribution in [2.45, 2.75) is 94.3 Å². The molecule has 0 amide bonds. The number of carbonyl (C=O) groups excluding carboxylic acids is 1. The van der Waals surface area contributed by atoms with Gasteiger partial charge in [0, 0.05) is 50.9 Å². The normalized spacial score (nSPS) is 19.5. The van der Waals surface area contributed by atoms with Gasteiger partial charge in [-0.15, -0.1) is 0 Å². The van der Waals surface area contributed by atoms with E-state index in [2.05, 4.69) is 19.9 Å². The largest absolute Gasteiger partial charge is 0.480 e. The van der Waals surface area contributed by atoms with Gasteiger partial charge in [-0.3, -0.25) is 23.5 Å². The van der Waals surface area contributed by atoms with Crippen LogP contribution in [0.25, 0.3) is 22.3 Å². The fourth-order valence-corrected chi connectivity index (χ4v) is 6.71. The predicted molar refractivity (Wildman–Crippen MR) is 176 cm³/mol. The first-order valence-corrected chi connectivity index (χ1v) is 16.6. The van der Waals surface area contributed by atoms with Crippen molar-refractivity contribution in [1.82, 2.24) is 29.1 Å². The number of carbonyl (C=O) groups is 1. The summed E-state index contributed by atoms with van der Waals surface area (Å²) in [7, 11) is 3.00. The second kappa shape index (κ2) is 14.3. The number of aryl methyl sites for hydroxylation is 2. The third-order valence-corrected chi connectivity index (χ3v) is 9.84. The van der Waals surface area contributed by atoms with Crippen LogP contribution in [-0.2, 0) is 27.4 Å². The Balaban J connectivity index is 0.000000171. The molecule has 0 aromatic carbocycles. The molecule has 0 atom stereocenters. The van der Waals surface area contributed by atoms with Gasteiger partial charge >= 0.3 is 0 Å². The Morgan fingerprint density at radius 2 is 1.14 bits per heavy atom. The van der Waals surface area contributed by atoms with Crippen molar-refractivity contribution in [3.8, 4) is 11.8 Å². The molecular formula is C34H42N6O9. The summed E-state index contributed by atoms with van der Waals surface area (Å²) in [4.78, 5) is 53.0. The van der Waals surface area contributed by atoms with Crippen LogP contribution >= 0.6 is 0 Å². The van der Waals surface area contributed by atoms with Crippen molar-refractivity contribution < 1.29 is 34.0 Å². The number of ketones is 1. The summed E-state index contributed by atoms with van der Waals surface area (Å²) >= 11 is 0. The molecule has 4 aromatic rings. The molecule has 0 unspecified atom stereocenters. The van der Waals surface area contributed by atoms with E-state index in [1.807, 2.05) is 0 Å². The molecule has 7 rings (SSSR count). The minimum absolute atomic E-state index is 0.168. The quantitative estimate of drug-likeness (QED) is 0.276. The van der Waals surface area contributed by atoms with E-state index in [1.54, 1.807) is 16.7 Å². The summed E-state index contributed by atoms with van der Waals surface area (Å²) in [5, 5.41) is 21.5. The van der Waals surface area contributed by atoms with Crippen LogP contribution in [0.4, 0.5) is 0 Å². The Bertz CT molecular complexity index is 1920. The van der Waals surface area contributed by atoms with Crippen LogP contribution in [0.5, 0.6) is 11.8 Å². The topological polar surface area (TPSA) is 190 Å². The number of rotatable bonds is 8. The zero-order chi connectivity index (χ0) is 34.6. The molecule has 4 aromatic heterocycles. The third-order valence-electron chi connectivity index (χ3n) is 9.84. The number of nitrogens with zero attached hydrogens (tertiary/aromatic N) is 6. The lowest BCUT2D eigenvalue weighted by Crippen LogP contribution is -2.44. The molecule has 1 aliphatic heterocycles. The Morgan fingerprint density at radius 1 is 0.694 bits per heavy atom. The molecule has 1 saturated heterocycles. The monoisotopic (exact) mass is 678 g/mol. The molecule has 0 bridgehead atoms. The SMILES string of the molecule is COc1cnc2ccc(=O)n(CCC3(O)CCC(=O)CC3)c2n1.COc1cnc2ccc(=O)n(CCC3(O)CCC4(CC3)OCCO4)c2n1. The predicted octanol–water partition coefficient (Wildman–Crippen LogP) is 2.30. The molecule has 2 saturated carbocycles. The highest BCUT2D eigenvalue weighted by atomic mass is 16.7. The van der Waals surface area contributed by atoms with Gasteiger partial charge in [0.2, 0.25) is 11.8 Å². The number of Topliss-reactive ketones (excluding diaryl/α,β-unsaturated/α-hetero) is 1. The first-order valence-electron chi connectivity index (χ1n) is 16.6. The lowest BCUT2D eigenvalue weighted by atomic mass is 9.79. The van der Waals surface area contributed by atoms with Gasteiger partial charge in [0.15, 0.2) is 17.1 Å². The summed E-state index contributed by atoms with van der Waals surface area (Å²) in [6.07, 6.45) is 8.07. The van der Waals surface area contributed by atoms with Crippen molar-refractivity contribution >= 4 is 28.1 Å². The van der Waals surface area contributed by atoms with E-state index in [9.17, 15) is 24.6 Å². The van der Waals surface area contributed by atoms with Crippen LogP contribution in [0.2, 0.25) is 0 Å². The Morgan fingerprint density at radius 3 is 1.59 bits per heavy atom. The first kappa shape index (κ1) is 34.5. The van der Waals surface area contributed by atoms with Gasteiger partial charge in [0.05, 0.1) is 51.0 Å². The first-order chi connectivity index (χ1) is 23.5. The molecule has 3 aliphatic rings. The van der Waals surface area contributed by atoms with E-state index >= 15 is 0 Å². The van der Waals surface area contributed by atoms with E-state index in [4.69, 9.17) is 18.9 Å². The Labute approximate surface area is 281 Å². The fraction of sp³-hybridized carbons (Fsp3) is 0.559. The molecule has 262 valence electrons. The second-order valence-corrected chi connectivity index (χ2v) is 13.0. The van der Waals surface area contributed by atoms with Gasteiger partial charge < -0.3 is 29.2 Å². The lowest BCUT2D eigenvalue weighted by molar-refractivity contribution is -0.203. The van der Waals surface area contributed by atoms with Gasteiger partial charge in [-0.05, 0) is 50.7 Å². The highest BCUT2D eigenvalue weighted by Crippen LogP contribution is 2.41. The number of hydrogen-bond donors (Lipinski definition) is 2. The van der Waals surface area contributed by atoms with Gasteiger partial charge in [0.1, 0.15) is 16.8 Å². The molecule has 2 aliphatic carbocycles. The standard InChI is InChI=1S/C18H23N3O5.C16H19N3O4/c1-24-14-12-19-13-2-3-15(22)21(16(13)20-14)9-8-17(23)4-6-18(7-5-17)25-10-11-26-18;1-23-13-10-17-12-2-3-14(21)19(15(12)18-13)9-8-16(22)6-4-11(20)5-7-16/h2-3,12,23H,4-11H2,1H3;2-3,10,22H,4-9H2,1H3. The van der Waals surface area contributed by atoms with E-state index in [-0.39, 0.29) is 16.9 Å². The van der Waals surface area contributed by atoms with Crippen LogP contribution in [0.3, 0.4) is 0 Å². The molecular weight excluding hydrogens is 636 g/mol. The second-order valence-electron chi connectivity index (χ2n) is 13.0. The zero-order valence-corrected chi connectivity index (χ0v) is 27.8. The molecule has 3 fully saturated rings. The molecule has 49 heavy (non-hydrogen) atoms.